The van der Waals surface area contributed by atoms with Crippen LogP contribution >= 0.6 is 0 Å². The van der Waals surface area contributed by atoms with Gasteiger partial charge in [-0.05, 0) is 80.2 Å². The van der Waals surface area contributed by atoms with Crippen molar-refractivity contribution in [1.29, 1.82) is 0 Å². The van der Waals surface area contributed by atoms with Gasteiger partial charge in [-0.15, -0.1) is 0 Å². The van der Waals surface area contributed by atoms with Gasteiger partial charge in [0.1, 0.15) is 35.6 Å². The van der Waals surface area contributed by atoms with E-state index in [1.54, 1.807) is 26.8 Å². The van der Waals surface area contributed by atoms with Crippen molar-refractivity contribution >= 4 is 44.9 Å². The van der Waals surface area contributed by atoms with Crippen LogP contribution in [0.4, 0.5) is 22.4 Å². The molecular weight excluding hydrogens is 817 g/mol. The summed E-state index contributed by atoms with van der Waals surface area (Å²) in [6, 6.07) is 1.63. The van der Waals surface area contributed by atoms with Crippen molar-refractivity contribution in [1.82, 2.24) is 30.2 Å². The van der Waals surface area contributed by atoms with E-state index in [2.05, 4.69) is 20.6 Å². The molecule has 328 valence electrons. The molecule has 6 aliphatic rings. The quantitative estimate of drug-likeness (QED) is 0.330. The fourth-order valence-electron chi connectivity index (χ4n) is 9.34. The number of hydrogen-bond acceptors (Lipinski definition) is 11. The van der Waals surface area contributed by atoms with Gasteiger partial charge in [-0.3, -0.25) is 19.1 Å². The zero-order valence-electron chi connectivity index (χ0n) is 33.7. The van der Waals surface area contributed by atoms with Gasteiger partial charge in [-0.1, -0.05) is 27.2 Å². The minimum absolute atomic E-state index is 0.0536. The molecule has 2 bridgehead atoms. The Morgan fingerprint density at radius 1 is 1.02 bits per heavy atom. The first-order valence-corrected chi connectivity index (χ1v) is 22.1. The largest absolute Gasteiger partial charge is 0.497 e. The normalized spacial score (nSPS) is 32.9. The molecule has 4 saturated carbocycles. The van der Waals surface area contributed by atoms with Crippen LogP contribution in [0.1, 0.15) is 90.7 Å². The van der Waals surface area contributed by atoms with E-state index >= 15 is 8.78 Å². The van der Waals surface area contributed by atoms with Crippen LogP contribution in [-0.2, 0) is 35.1 Å². The lowest BCUT2D eigenvalue weighted by Crippen LogP contribution is -2.60. The summed E-state index contributed by atoms with van der Waals surface area (Å²) in [5, 5.41) is 4.19. The average Bonchev–Trinajstić information content (AvgIpc) is 4.11. The third-order valence-electron chi connectivity index (χ3n) is 13.0. The summed E-state index contributed by atoms with van der Waals surface area (Å²) < 4.78 is 106. The van der Waals surface area contributed by atoms with Crippen LogP contribution in [0.5, 0.6) is 11.6 Å². The lowest BCUT2D eigenvalue weighted by Gasteiger charge is -2.36. The minimum atomic E-state index is -4.20. The lowest BCUT2D eigenvalue weighted by atomic mass is 9.85. The molecule has 3 heterocycles. The number of hydrogen-bond donors (Lipinski definition) is 3. The summed E-state index contributed by atoms with van der Waals surface area (Å²) in [6.45, 7) is 4.61. The number of nitrogens with one attached hydrogen (secondary N) is 3. The Morgan fingerprint density at radius 3 is 2.43 bits per heavy atom. The zero-order chi connectivity index (χ0) is 43.1. The van der Waals surface area contributed by atoms with Crippen LogP contribution in [0, 0.1) is 29.1 Å². The van der Waals surface area contributed by atoms with E-state index in [0.717, 1.165) is 11.3 Å². The van der Waals surface area contributed by atoms with Gasteiger partial charge in [0.15, 0.2) is 5.69 Å². The van der Waals surface area contributed by atoms with Gasteiger partial charge in [0, 0.05) is 18.9 Å². The number of rotatable bonds is 7. The second kappa shape index (κ2) is 15.1. The predicted octanol–water partition coefficient (Wildman–Crippen LogP) is 4.57. The Hall–Kier alpha value is -4.49. The Morgan fingerprint density at radius 2 is 1.77 bits per heavy atom. The molecule has 4 aliphatic carbocycles. The highest BCUT2D eigenvalue weighted by atomic mass is 32.2. The summed E-state index contributed by atoms with van der Waals surface area (Å²) >= 11 is 0. The molecule has 0 radical (unpaired) electrons. The second-order valence-electron chi connectivity index (χ2n) is 18.4. The van der Waals surface area contributed by atoms with E-state index in [9.17, 15) is 36.4 Å². The summed E-state index contributed by atoms with van der Waals surface area (Å²) in [5.74, 6) is -8.09. The van der Waals surface area contributed by atoms with Gasteiger partial charge < -0.3 is 29.7 Å². The van der Waals surface area contributed by atoms with E-state index < -0.39 is 130 Å². The van der Waals surface area contributed by atoms with Crippen LogP contribution in [0.25, 0.3) is 11.0 Å². The van der Waals surface area contributed by atoms with E-state index in [1.807, 2.05) is 4.72 Å². The fourth-order valence-corrected chi connectivity index (χ4v) is 10.7. The number of halogens is 4. The number of carbonyl (C=O) groups excluding carboxylic acids is 4. The number of carbonyl (C=O) groups is 4. The van der Waals surface area contributed by atoms with Crippen molar-refractivity contribution in [3.63, 3.8) is 0 Å². The maximum atomic E-state index is 16.4. The number of methoxy groups -OCH3 is 1. The molecule has 3 N–H and O–H groups in total. The van der Waals surface area contributed by atoms with Crippen molar-refractivity contribution < 1.29 is 59.4 Å². The number of benzene rings is 1. The first-order valence-electron chi connectivity index (χ1n) is 20.6. The Bertz CT molecular complexity index is 2190. The number of fused-ring (bicyclic) bond motifs is 7. The lowest BCUT2D eigenvalue weighted by molar-refractivity contribution is -0.143. The molecule has 2 aliphatic heterocycles. The van der Waals surface area contributed by atoms with Gasteiger partial charge in [0.2, 0.25) is 34.1 Å². The fraction of sp³-hybridized carbons (Fsp3) is 0.700. The van der Waals surface area contributed by atoms with Crippen molar-refractivity contribution in [2.24, 2.45) is 29.1 Å². The van der Waals surface area contributed by atoms with Crippen molar-refractivity contribution in [2.75, 3.05) is 13.7 Å². The van der Waals surface area contributed by atoms with E-state index in [-0.39, 0.29) is 36.2 Å². The molecule has 8 rings (SSSR count). The van der Waals surface area contributed by atoms with Crippen LogP contribution in [0.15, 0.2) is 18.2 Å². The number of alkyl carbamates (subject to hydrolysis) is 1. The Labute approximate surface area is 344 Å². The molecule has 9 atom stereocenters. The van der Waals surface area contributed by atoms with Crippen molar-refractivity contribution in [3.8, 4) is 11.6 Å². The Kier molecular flexibility index (Phi) is 10.7. The molecule has 1 aromatic heterocycles. The van der Waals surface area contributed by atoms with Crippen LogP contribution in [0.3, 0.4) is 0 Å². The third-order valence-corrected chi connectivity index (χ3v) is 14.9. The molecular formula is C40H50F4N6O9S. The molecule has 1 unspecified atom stereocenters. The third kappa shape index (κ3) is 8.15. The zero-order valence-corrected chi connectivity index (χ0v) is 34.5. The first-order chi connectivity index (χ1) is 28.2. The topological polar surface area (TPSA) is 195 Å². The molecule has 60 heavy (non-hydrogen) atoms. The molecule has 20 heteroatoms. The number of aromatic nitrogens is 2. The number of sulfonamides is 1. The Balaban J connectivity index is 1.16. The van der Waals surface area contributed by atoms with Gasteiger partial charge in [-0.25, -0.2) is 32.0 Å². The van der Waals surface area contributed by atoms with Gasteiger partial charge in [0.05, 0.1) is 35.9 Å². The molecule has 0 spiro atoms. The average molecular weight is 867 g/mol. The van der Waals surface area contributed by atoms with Gasteiger partial charge in [0.25, 0.3) is 11.8 Å². The highest BCUT2D eigenvalue weighted by Gasteiger charge is 2.67. The van der Waals surface area contributed by atoms with Crippen LogP contribution < -0.4 is 24.8 Å². The first kappa shape index (κ1) is 42.2. The van der Waals surface area contributed by atoms with Crippen molar-refractivity contribution in [3.05, 3.63) is 23.9 Å². The standard InChI is InChI=1S/C40H50F4N6O9S/c1-38(2,3)31-35(52)50-18-21(16-28(50)33(51)48-39(17-25(39)32(41)42)36(53)49-60(55,56)22-9-10-22)58-34-30(45-26-11-8-20(57-4)15-27(26)46-34)40(43,44)12-6-5-7-23-24-13-19(24)14-29(23)59-37(54)47-31/h8,11,15,19,21-25,28-29,31-32H,5-7,9-10,12-14,16-18H2,1-4H3,(H,47,54)(H,48,51)(H,49,53)/t19-,21+,23+,24?,25-,28-,29+,31+,39+/m0/s1. The SMILES string of the molecule is COc1ccc2nc3c(nc2c1)O[C@@H]1C[C@@H](C(=O)N[C@]2(C(=O)NS(=O)(=O)C4CC4)C[C@H]2C(F)F)N(C1)C(=O)[C@H](C(C)(C)C)NC(=O)O[C@@H]1C[C@@H]2CC2[C@H]1CCCCC3(F)F. The van der Waals surface area contributed by atoms with E-state index in [4.69, 9.17) is 14.2 Å². The molecule has 4 amide bonds. The van der Waals surface area contributed by atoms with Gasteiger partial charge >= 0.3 is 6.09 Å². The number of alkyl halides is 4. The number of nitrogens with zero attached hydrogens (tertiary/aromatic N) is 3. The predicted molar refractivity (Wildman–Crippen MR) is 204 cm³/mol. The highest BCUT2D eigenvalue weighted by Crippen LogP contribution is 2.58. The van der Waals surface area contributed by atoms with Crippen molar-refractivity contribution in [2.45, 2.75) is 132 Å². The number of ether oxygens (including phenoxy) is 3. The maximum Gasteiger partial charge on any atom is 0.408 e. The summed E-state index contributed by atoms with van der Waals surface area (Å²) in [6.07, 6.45) is -4.07. The monoisotopic (exact) mass is 866 g/mol. The van der Waals surface area contributed by atoms with Crippen LogP contribution in [-0.4, -0.2) is 102 Å². The molecule has 1 aromatic carbocycles. The summed E-state index contributed by atoms with van der Waals surface area (Å²) in [4.78, 5) is 65.9. The van der Waals surface area contributed by atoms with Gasteiger partial charge in [-0.2, -0.15) is 8.78 Å². The molecule has 5 fully saturated rings. The smallest absolute Gasteiger partial charge is 0.408 e. The van der Waals surface area contributed by atoms with E-state index in [1.165, 1.54) is 19.2 Å². The molecule has 15 nitrogen and oxygen atoms in total. The van der Waals surface area contributed by atoms with Crippen LogP contribution in [0.2, 0.25) is 0 Å². The highest BCUT2D eigenvalue weighted by molar-refractivity contribution is 7.91. The second-order valence-corrected chi connectivity index (χ2v) is 20.4. The maximum absolute atomic E-state index is 16.4. The molecule has 2 aromatic rings. The summed E-state index contributed by atoms with van der Waals surface area (Å²) in [5.41, 5.74) is -3.77. The molecule has 1 saturated heterocycles. The minimum Gasteiger partial charge on any atom is -0.497 e. The summed E-state index contributed by atoms with van der Waals surface area (Å²) in [7, 11) is -2.78. The van der Waals surface area contributed by atoms with E-state index in [0.29, 0.717) is 36.8 Å². The number of amides is 4.